The number of hydrogen-bond donors (Lipinski definition) is 0. The largest absolute Gasteiger partial charge is 0.497 e. The van der Waals surface area contributed by atoms with E-state index in [9.17, 15) is 14.0 Å². The van der Waals surface area contributed by atoms with Crippen molar-refractivity contribution >= 4 is 17.8 Å². The Morgan fingerprint density at radius 3 is 1.96 bits per heavy atom. The van der Waals surface area contributed by atoms with Crippen LogP contribution in [0.1, 0.15) is 15.9 Å². The molecule has 2 rings (SSSR count). The molecule has 0 saturated carbocycles. The van der Waals surface area contributed by atoms with Gasteiger partial charge in [-0.05, 0) is 35.9 Å². The van der Waals surface area contributed by atoms with Gasteiger partial charge < -0.3 is 14.2 Å². The predicted molar refractivity (Wildman–Crippen MR) is 90.3 cm³/mol. The van der Waals surface area contributed by atoms with E-state index >= 15 is 0 Å². The van der Waals surface area contributed by atoms with Gasteiger partial charge in [-0.15, -0.1) is 0 Å². The summed E-state index contributed by atoms with van der Waals surface area (Å²) in [5, 5.41) is 0. The fourth-order valence-electron chi connectivity index (χ4n) is 2.15. The summed E-state index contributed by atoms with van der Waals surface area (Å²) in [6.45, 7) is 0. The standard InChI is InChI=1S/C19H17FO5/c1-23-15-9-13(10-16(11-15)24-2)18(21)17(19(22)25-3)8-12-4-6-14(20)7-5-12/h4-11H,1-3H3/b17-8-. The molecular weight excluding hydrogens is 327 g/mol. The average Bonchev–Trinajstić information content (AvgIpc) is 2.65. The number of carbonyl (C=O) groups excluding carboxylic acids is 2. The van der Waals surface area contributed by atoms with E-state index in [0.29, 0.717) is 17.1 Å². The van der Waals surface area contributed by atoms with Crippen LogP contribution >= 0.6 is 0 Å². The molecule has 0 aliphatic rings. The lowest BCUT2D eigenvalue weighted by Gasteiger charge is -2.09. The van der Waals surface area contributed by atoms with Crippen molar-refractivity contribution in [3.05, 3.63) is 65.0 Å². The Labute approximate surface area is 144 Å². The van der Waals surface area contributed by atoms with Gasteiger partial charge in [0.15, 0.2) is 0 Å². The molecule has 0 unspecified atom stereocenters. The van der Waals surface area contributed by atoms with Crippen molar-refractivity contribution in [2.24, 2.45) is 0 Å². The van der Waals surface area contributed by atoms with Gasteiger partial charge in [0.25, 0.3) is 0 Å². The molecule has 0 fully saturated rings. The van der Waals surface area contributed by atoms with Gasteiger partial charge in [-0.3, -0.25) is 4.79 Å². The molecule has 0 aliphatic carbocycles. The maximum atomic E-state index is 13.0. The molecule has 2 aromatic rings. The van der Waals surface area contributed by atoms with E-state index in [1.54, 1.807) is 6.07 Å². The third-order valence-electron chi connectivity index (χ3n) is 3.44. The number of hydrogen-bond acceptors (Lipinski definition) is 5. The van der Waals surface area contributed by atoms with Gasteiger partial charge in [-0.25, -0.2) is 9.18 Å². The molecule has 0 bridgehead atoms. The first-order valence-electron chi connectivity index (χ1n) is 7.32. The number of esters is 1. The van der Waals surface area contributed by atoms with Crippen LogP contribution in [-0.2, 0) is 9.53 Å². The minimum absolute atomic E-state index is 0.190. The Balaban J connectivity index is 2.49. The molecule has 0 aliphatic heterocycles. The topological polar surface area (TPSA) is 61.8 Å². The van der Waals surface area contributed by atoms with E-state index in [1.165, 1.54) is 63.8 Å². The summed E-state index contributed by atoms with van der Waals surface area (Å²) in [4.78, 5) is 24.9. The van der Waals surface area contributed by atoms with Gasteiger partial charge in [0.2, 0.25) is 5.78 Å². The highest BCUT2D eigenvalue weighted by molar-refractivity contribution is 6.27. The lowest BCUT2D eigenvalue weighted by Crippen LogP contribution is -2.15. The molecule has 0 heterocycles. The van der Waals surface area contributed by atoms with Crippen molar-refractivity contribution in [3.63, 3.8) is 0 Å². The van der Waals surface area contributed by atoms with E-state index in [4.69, 9.17) is 14.2 Å². The van der Waals surface area contributed by atoms with Crippen molar-refractivity contribution in [1.82, 2.24) is 0 Å². The minimum atomic E-state index is -0.795. The number of ketones is 1. The van der Waals surface area contributed by atoms with Crippen LogP contribution in [0.15, 0.2) is 48.0 Å². The predicted octanol–water partition coefficient (Wildman–Crippen LogP) is 3.28. The smallest absolute Gasteiger partial charge is 0.341 e. The number of benzene rings is 2. The molecule has 2 aromatic carbocycles. The van der Waals surface area contributed by atoms with Crippen LogP contribution in [0.2, 0.25) is 0 Å². The first kappa shape index (κ1) is 18.2. The zero-order chi connectivity index (χ0) is 18.4. The van der Waals surface area contributed by atoms with Gasteiger partial charge in [-0.1, -0.05) is 12.1 Å². The van der Waals surface area contributed by atoms with E-state index in [1.807, 2.05) is 0 Å². The van der Waals surface area contributed by atoms with Crippen LogP contribution in [0.4, 0.5) is 4.39 Å². The lowest BCUT2D eigenvalue weighted by molar-refractivity contribution is -0.135. The van der Waals surface area contributed by atoms with Crippen LogP contribution in [0.3, 0.4) is 0 Å². The molecule has 0 aromatic heterocycles. The van der Waals surface area contributed by atoms with E-state index in [0.717, 1.165) is 0 Å². The second-order valence-corrected chi connectivity index (χ2v) is 5.03. The number of halogens is 1. The van der Waals surface area contributed by atoms with Crippen LogP contribution in [-0.4, -0.2) is 33.1 Å². The summed E-state index contributed by atoms with van der Waals surface area (Å²) < 4.78 is 28.0. The van der Waals surface area contributed by atoms with Crippen LogP contribution < -0.4 is 9.47 Å². The van der Waals surface area contributed by atoms with Crippen molar-refractivity contribution < 1.29 is 28.2 Å². The minimum Gasteiger partial charge on any atom is -0.497 e. The van der Waals surface area contributed by atoms with Gasteiger partial charge in [0.1, 0.15) is 22.9 Å². The zero-order valence-electron chi connectivity index (χ0n) is 14.0. The number of rotatable bonds is 6. The zero-order valence-corrected chi connectivity index (χ0v) is 14.0. The number of ether oxygens (including phenoxy) is 3. The van der Waals surface area contributed by atoms with Crippen LogP contribution in [0.5, 0.6) is 11.5 Å². The SMILES string of the molecule is COC(=O)/C(=C\c1ccc(F)cc1)C(=O)c1cc(OC)cc(OC)c1. The first-order chi connectivity index (χ1) is 12.0. The molecule has 5 nitrogen and oxygen atoms in total. The first-order valence-corrected chi connectivity index (χ1v) is 7.32. The summed E-state index contributed by atoms with van der Waals surface area (Å²) in [6.07, 6.45) is 1.35. The van der Waals surface area contributed by atoms with Crippen molar-refractivity contribution in [1.29, 1.82) is 0 Å². The Morgan fingerprint density at radius 2 is 1.48 bits per heavy atom. The number of methoxy groups -OCH3 is 3. The summed E-state index contributed by atoms with van der Waals surface area (Å²) >= 11 is 0. The molecule has 0 spiro atoms. The van der Waals surface area contributed by atoms with Crippen LogP contribution in [0.25, 0.3) is 6.08 Å². The molecule has 0 N–H and O–H groups in total. The fourth-order valence-corrected chi connectivity index (χ4v) is 2.15. The highest BCUT2D eigenvalue weighted by Gasteiger charge is 2.22. The average molecular weight is 344 g/mol. The fraction of sp³-hybridized carbons (Fsp3) is 0.158. The Morgan fingerprint density at radius 1 is 0.920 bits per heavy atom. The van der Waals surface area contributed by atoms with E-state index < -0.39 is 17.6 Å². The van der Waals surface area contributed by atoms with Crippen LogP contribution in [0, 0.1) is 5.82 Å². The summed E-state index contributed by atoms with van der Waals surface area (Å²) in [6, 6.07) is 9.98. The molecular formula is C19H17FO5. The Hall–Kier alpha value is -3.15. The summed E-state index contributed by atoms with van der Waals surface area (Å²) in [5.74, 6) is -0.951. The molecule has 0 atom stereocenters. The number of Topliss-reactive ketones (excluding diaryl/α,β-unsaturated/α-hetero) is 1. The molecule has 25 heavy (non-hydrogen) atoms. The third-order valence-corrected chi connectivity index (χ3v) is 3.44. The normalized spacial score (nSPS) is 11.0. The number of carbonyl (C=O) groups is 2. The lowest BCUT2D eigenvalue weighted by atomic mass is 10.0. The highest BCUT2D eigenvalue weighted by atomic mass is 19.1. The highest BCUT2D eigenvalue weighted by Crippen LogP contribution is 2.25. The third kappa shape index (κ3) is 4.44. The van der Waals surface area contributed by atoms with Crippen molar-refractivity contribution in [3.8, 4) is 11.5 Å². The monoisotopic (exact) mass is 344 g/mol. The van der Waals surface area contributed by atoms with Gasteiger partial charge in [0.05, 0.1) is 21.3 Å². The van der Waals surface area contributed by atoms with E-state index in [2.05, 4.69) is 0 Å². The van der Waals surface area contributed by atoms with Gasteiger partial charge in [0, 0.05) is 11.6 Å². The summed E-state index contributed by atoms with van der Waals surface area (Å²) in [7, 11) is 4.09. The molecule has 0 saturated heterocycles. The maximum absolute atomic E-state index is 13.0. The Kier molecular flexibility index (Phi) is 5.89. The second-order valence-electron chi connectivity index (χ2n) is 5.03. The van der Waals surface area contributed by atoms with Gasteiger partial charge in [-0.2, -0.15) is 0 Å². The maximum Gasteiger partial charge on any atom is 0.341 e. The van der Waals surface area contributed by atoms with E-state index in [-0.39, 0.29) is 11.1 Å². The Bertz CT molecular complexity index is 787. The van der Waals surface area contributed by atoms with Crippen molar-refractivity contribution in [2.75, 3.05) is 21.3 Å². The van der Waals surface area contributed by atoms with Gasteiger partial charge >= 0.3 is 5.97 Å². The van der Waals surface area contributed by atoms with Crippen molar-refractivity contribution in [2.45, 2.75) is 0 Å². The quantitative estimate of drug-likeness (QED) is 0.265. The summed E-state index contributed by atoms with van der Waals surface area (Å²) in [5.41, 5.74) is 0.504. The molecule has 6 heteroatoms. The molecule has 0 amide bonds. The molecule has 130 valence electrons. The molecule has 0 radical (unpaired) electrons. The second kappa shape index (κ2) is 8.10.